The van der Waals surface area contributed by atoms with E-state index < -0.39 is 0 Å². The van der Waals surface area contributed by atoms with Crippen LogP contribution in [-0.4, -0.2) is 51.4 Å². The first-order valence-electron chi connectivity index (χ1n) is 6.83. The predicted molar refractivity (Wildman–Crippen MR) is 68.9 cm³/mol. The minimum absolute atomic E-state index is 0.208. The number of carbonyl (C=O) groups is 3. The fourth-order valence-corrected chi connectivity index (χ4v) is 2.48. The van der Waals surface area contributed by atoms with E-state index in [0.29, 0.717) is 13.1 Å². The summed E-state index contributed by atoms with van der Waals surface area (Å²) in [6.07, 6.45) is 2.01. The molecule has 2 fully saturated rings. The monoisotopic (exact) mass is 267 g/mol. The average Bonchev–Trinajstić information content (AvgIpc) is 2.70. The van der Waals surface area contributed by atoms with Crippen molar-refractivity contribution < 1.29 is 14.4 Å². The highest BCUT2D eigenvalue weighted by atomic mass is 16.2. The zero-order valence-corrected chi connectivity index (χ0v) is 11.8. The standard InChI is InChI=1S/C13H21N3O3/c1-4-13(2,3)14-8-5-9-15(12(14)19)16-10(17)6-7-11(16)18/h4-9H2,1-3H3. The molecule has 6 heteroatoms. The molecular weight excluding hydrogens is 246 g/mol. The number of hydrogen-bond donors (Lipinski definition) is 0. The van der Waals surface area contributed by atoms with Crippen molar-refractivity contribution in [2.75, 3.05) is 13.1 Å². The number of rotatable bonds is 3. The van der Waals surface area contributed by atoms with Gasteiger partial charge in [-0.05, 0) is 26.7 Å². The summed E-state index contributed by atoms with van der Waals surface area (Å²) in [4.78, 5) is 37.8. The van der Waals surface area contributed by atoms with E-state index in [1.54, 1.807) is 4.90 Å². The van der Waals surface area contributed by atoms with Gasteiger partial charge in [0.15, 0.2) is 0 Å². The Hall–Kier alpha value is -1.59. The molecule has 0 unspecified atom stereocenters. The quantitative estimate of drug-likeness (QED) is 0.725. The van der Waals surface area contributed by atoms with E-state index in [9.17, 15) is 14.4 Å². The predicted octanol–water partition coefficient (Wildman–Crippen LogP) is 1.37. The molecule has 0 aromatic rings. The van der Waals surface area contributed by atoms with E-state index in [1.165, 1.54) is 5.01 Å². The second-order valence-corrected chi connectivity index (χ2v) is 5.68. The van der Waals surface area contributed by atoms with E-state index >= 15 is 0 Å². The molecule has 0 aromatic carbocycles. The van der Waals surface area contributed by atoms with Crippen LogP contribution >= 0.6 is 0 Å². The van der Waals surface area contributed by atoms with E-state index in [0.717, 1.165) is 17.9 Å². The molecule has 2 aliphatic rings. The van der Waals surface area contributed by atoms with Gasteiger partial charge in [-0.2, -0.15) is 5.01 Å². The Labute approximate surface area is 113 Å². The van der Waals surface area contributed by atoms with E-state index in [2.05, 4.69) is 0 Å². The lowest BCUT2D eigenvalue weighted by atomic mass is 9.98. The smallest absolute Gasteiger partial charge is 0.318 e. The van der Waals surface area contributed by atoms with Crippen LogP contribution in [0.3, 0.4) is 0 Å². The molecule has 0 atom stereocenters. The summed E-state index contributed by atoms with van der Waals surface area (Å²) < 4.78 is 0. The Morgan fingerprint density at radius 3 is 2.16 bits per heavy atom. The van der Waals surface area contributed by atoms with Crippen LogP contribution in [0.1, 0.15) is 46.5 Å². The fraction of sp³-hybridized carbons (Fsp3) is 0.769. The van der Waals surface area contributed by atoms with Crippen LogP contribution in [0.15, 0.2) is 0 Å². The summed E-state index contributed by atoms with van der Waals surface area (Å²) in [6.45, 7) is 7.14. The van der Waals surface area contributed by atoms with Gasteiger partial charge in [0.05, 0.1) is 0 Å². The number of urea groups is 1. The molecule has 6 nitrogen and oxygen atoms in total. The normalized spacial score (nSPS) is 21.6. The van der Waals surface area contributed by atoms with Gasteiger partial charge in [0.2, 0.25) is 11.8 Å². The molecule has 106 valence electrons. The van der Waals surface area contributed by atoms with Gasteiger partial charge in [-0.1, -0.05) is 6.92 Å². The lowest BCUT2D eigenvalue weighted by Gasteiger charge is -2.45. The summed E-state index contributed by atoms with van der Waals surface area (Å²) in [5.41, 5.74) is -0.262. The van der Waals surface area contributed by atoms with Gasteiger partial charge in [0, 0.05) is 31.5 Å². The van der Waals surface area contributed by atoms with Gasteiger partial charge < -0.3 is 4.90 Å². The van der Waals surface area contributed by atoms with Crippen molar-refractivity contribution in [1.29, 1.82) is 0 Å². The average molecular weight is 267 g/mol. The summed E-state index contributed by atoms with van der Waals surface area (Å²) in [7, 11) is 0. The molecule has 0 bridgehead atoms. The number of carbonyl (C=O) groups excluding carboxylic acids is 3. The summed E-state index contributed by atoms with van der Waals surface area (Å²) in [5.74, 6) is -0.538. The van der Waals surface area contributed by atoms with Crippen molar-refractivity contribution in [3.8, 4) is 0 Å². The van der Waals surface area contributed by atoms with Crippen LogP contribution in [0, 0.1) is 0 Å². The molecule has 4 amide bonds. The highest BCUT2D eigenvalue weighted by Gasteiger charge is 2.42. The first kappa shape index (κ1) is 13.8. The van der Waals surface area contributed by atoms with Gasteiger partial charge in [0.1, 0.15) is 0 Å². The van der Waals surface area contributed by atoms with Crippen LogP contribution in [0.4, 0.5) is 4.79 Å². The first-order chi connectivity index (χ1) is 8.88. The van der Waals surface area contributed by atoms with Crippen molar-refractivity contribution in [1.82, 2.24) is 14.9 Å². The highest BCUT2D eigenvalue weighted by molar-refractivity contribution is 6.03. The molecule has 0 N–H and O–H groups in total. The lowest BCUT2D eigenvalue weighted by Crippen LogP contribution is -2.62. The molecule has 19 heavy (non-hydrogen) atoms. The van der Waals surface area contributed by atoms with Crippen LogP contribution in [0.2, 0.25) is 0 Å². The minimum Gasteiger partial charge on any atom is -0.318 e. The molecule has 0 aliphatic carbocycles. The Balaban J connectivity index is 2.21. The van der Waals surface area contributed by atoms with Crippen LogP contribution in [-0.2, 0) is 9.59 Å². The number of hydrazine groups is 1. The second kappa shape index (κ2) is 4.83. The molecule has 2 aliphatic heterocycles. The van der Waals surface area contributed by atoms with Crippen molar-refractivity contribution in [3.05, 3.63) is 0 Å². The summed E-state index contributed by atoms with van der Waals surface area (Å²) in [6, 6.07) is -0.235. The Morgan fingerprint density at radius 1 is 1.05 bits per heavy atom. The SMILES string of the molecule is CCC(C)(C)N1CCCN(N2C(=O)CCC2=O)C1=O. The van der Waals surface area contributed by atoms with Crippen LogP contribution in [0.5, 0.6) is 0 Å². The molecule has 0 radical (unpaired) electrons. The lowest BCUT2D eigenvalue weighted by molar-refractivity contribution is -0.155. The molecule has 0 saturated carbocycles. The van der Waals surface area contributed by atoms with Crippen LogP contribution < -0.4 is 0 Å². The van der Waals surface area contributed by atoms with Gasteiger partial charge in [-0.15, -0.1) is 0 Å². The van der Waals surface area contributed by atoms with E-state index in [-0.39, 0.29) is 36.2 Å². The zero-order chi connectivity index (χ0) is 14.2. The Kier molecular flexibility index (Phi) is 3.52. The largest absolute Gasteiger partial charge is 0.339 e. The second-order valence-electron chi connectivity index (χ2n) is 5.68. The van der Waals surface area contributed by atoms with Crippen molar-refractivity contribution >= 4 is 17.8 Å². The molecule has 0 spiro atoms. The Bertz CT molecular complexity index is 403. The van der Waals surface area contributed by atoms with E-state index in [1.807, 2.05) is 20.8 Å². The molecule has 2 saturated heterocycles. The van der Waals surface area contributed by atoms with Gasteiger partial charge in [-0.3, -0.25) is 9.59 Å². The first-order valence-corrected chi connectivity index (χ1v) is 6.83. The van der Waals surface area contributed by atoms with Gasteiger partial charge >= 0.3 is 6.03 Å². The maximum atomic E-state index is 12.5. The maximum Gasteiger partial charge on any atom is 0.339 e. The maximum absolute atomic E-state index is 12.5. The number of amides is 4. The fourth-order valence-electron chi connectivity index (χ4n) is 2.48. The zero-order valence-electron chi connectivity index (χ0n) is 11.8. The minimum atomic E-state index is -0.269. The molecule has 0 aromatic heterocycles. The van der Waals surface area contributed by atoms with Gasteiger partial charge in [0.25, 0.3) is 0 Å². The molecule has 2 heterocycles. The third-order valence-corrected chi connectivity index (χ3v) is 4.07. The van der Waals surface area contributed by atoms with Crippen molar-refractivity contribution in [2.45, 2.75) is 52.0 Å². The summed E-state index contributed by atoms with van der Waals surface area (Å²) in [5, 5.41) is 2.36. The topological polar surface area (TPSA) is 60.9 Å². The third-order valence-electron chi connectivity index (χ3n) is 4.07. The third kappa shape index (κ3) is 2.31. The van der Waals surface area contributed by atoms with Crippen molar-refractivity contribution in [2.24, 2.45) is 0 Å². The Morgan fingerprint density at radius 2 is 1.63 bits per heavy atom. The molecule has 2 rings (SSSR count). The van der Waals surface area contributed by atoms with Gasteiger partial charge in [-0.25, -0.2) is 9.80 Å². The number of hydrogen-bond acceptors (Lipinski definition) is 3. The van der Waals surface area contributed by atoms with E-state index in [4.69, 9.17) is 0 Å². The number of imide groups is 1. The summed E-state index contributed by atoms with van der Waals surface area (Å²) >= 11 is 0. The molecular formula is C13H21N3O3. The van der Waals surface area contributed by atoms with Crippen molar-refractivity contribution in [3.63, 3.8) is 0 Å². The highest BCUT2D eigenvalue weighted by Crippen LogP contribution is 2.26. The number of nitrogens with zero attached hydrogens (tertiary/aromatic N) is 3. The van der Waals surface area contributed by atoms with Crippen LogP contribution in [0.25, 0.3) is 0 Å².